The number of benzene rings is 1. The lowest BCUT2D eigenvalue weighted by Crippen LogP contribution is -2.40. The summed E-state index contributed by atoms with van der Waals surface area (Å²) in [6, 6.07) is 10.7. The molecular formula is C23H39IN4O. The van der Waals surface area contributed by atoms with Crippen molar-refractivity contribution >= 4 is 29.9 Å². The monoisotopic (exact) mass is 514 g/mol. The van der Waals surface area contributed by atoms with Crippen LogP contribution in [0.2, 0.25) is 0 Å². The Morgan fingerprint density at radius 1 is 1.28 bits per heavy atom. The first-order chi connectivity index (χ1) is 13.7. The number of likely N-dealkylation sites (tertiary alicyclic amines) is 1. The summed E-state index contributed by atoms with van der Waals surface area (Å²) in [5.41, 5.74) is 1.40. The molecule has 0 spiro atoms. The molecule has 1 aliphatic heterocycles. The Morgan fingerprint density at radius 3 is 2.66 bits per heavy atom. The van der Waals surface area contributed by atoms with Gasteiger partial charge in [-0.1, -0.05) is 36.4 Å². The predicted octanol–water partition coefficient (Wildman–Crippen LogP) is 4.15. The highest BCUT2D eigenvalue weighted by Crippen LogP contribution is 2.16. The van der Waals surface area contributed by atoms with Crippen molar-refractivity contribution in [2.45, 2.75) is 44.8 Å². The van der Waals surface area contributed by atoms with Crippen LogP contribution in [0.25, 0.3) is 0 Å². The van der Waals surface area contributed by atoms with Gasteiger partial charge in [0.25, 0.3) is 0 Å². The molecule has 1 N–H and O–H groups in total. The van der Waals surface area contributed by atoms with Crippen LogP contribution in [-0.4, -0.2) is 68.7 Å². The van der Waals surface area contributed by atoms with Crippen molar-refractivity contribution in [3.05, 3.63) is 48.6 Å². The van der Waals surface area contributed by atoms with Crippen LogP contribution >= 0.6 is 24.0 Å². The van der Waals surface area contributed by atoms with Gasteiger partial charge in [0, 0.05) is 53.4 Å². The molecule has 1 aliphatic rings. The van der Waals surface area contributed by atoms with E-state index in [0.717, 1.165) is 77.4 Å². The maximum absolute atomic E-state index is 6.11. The topological polar surface area (TPSA) is 40.1 Å². The van der Waals surface area contributed by atoms with E-state index in [1.54, 1.807) is 0 Å². The first-order valence-corrected chi connectivity index (χ1v) is 10.6. The number of nitrogens with one attached hydrogen (secondary N) is 1. The van der Waals surface area contributed by atoms with Gasteiger partial charge in [-0.05, 0) is 37.7 Å². The third kappa shape index (κ3) is 10.5. The van der Waals surface area contributed by atoms with Crippen LogP contribution in [0, 0.1) is 0 Å². The fraction of sp³-hybridized carbons (Fsp3) is 0.609. The van der Waals surface area contributed by atoms with Crippen LogP contribution in [0.5, 0.6) is 0 Å². The molecule has 1 saturated heterocycles. The quantitative estimate of drug-likeness (QED) is 0.158. The number of piperidine rings is 1. The van der Waals surface area contributed by atoms with Crippen LogP contribution in [-0.2, 0) is 11.3 Å². The molecule has 29 heavy (non-hydrogen) atoms. The maximum atomic E-state index is 6.11. The zero-order chi connectivity index (χ0) is 20.0. The van der Waals surface area contributed by atoms with Crippen LogP contribution in [0.4, 0.5) is 0 Å². The fourth-order valence-corrected chi connectivity index (χ4v) is 3.56. The summed E-state index contributed by atoms with van der Waals surface area (Å²) in [7, 11) is 3.92. The Labute approximate surface area is 194 Å². The van der Waals surface area contributed by atoms with E-state index in [4.69, 9.17) is 4.74 Å². The maximum Gasteiger partial charge on any atom is 0.193 e. The molecule has 1 heterocycles. The van der Waals surface area contributed by atoms with Gasteiger partial charge in [0.1, 0.15) is 0 Å². The Bertz CT molecular complexity index is 574. The van der Waals surface area contributed by atoms with E-state index in [-0.39, 0.29) is 24.0 Å². The molecule has 1 aromatic rings. The molecule has 0 aromatic heterocycles. The zero-order valence-corrected chi connectivity index (χ0v) is 20.5. The van der Waals surface area contributed by atoms with Gasteiger partial charge in [0.15, 0.2) is 5.96 Å². The van der Waals surface area contributed by atoms with E-state index >= 15 is 0 Å². The molecule has 6 heteroatoms. The number of rotatable bonds is 11. The molecule has 164 valence electrons. The summed E-state index contributed by atoms with van der Waals surface area (Å²) in [5.74, 6) is 0.957. The summed E-state index contributed by atoms with van der Waals surface area (Å²) in [6.07, 6.45) is 7.79. The normalized spacial score (nSPS) is 15.6. The number of aliphatic imine (C=N–C) groups is 1. The second kappa shape index (κ2) is 15.7. The van der Waals surface area contributed by atoms with Crippen molar-refractivity contribution in [3.63, 3.8) is 0 Å². The molecule has 2 rings (SSSR count). The molecule has 5 nitrogen and oxygen atoms in total. The van der Waals surface area contributed by atoms with E-state index < -0.39 is 0 Å². The van der Waals surface area contributed by atoms with Gasteiger partial charge >= 0.3 is 0 Å². The molecular weight excluding hydrogens is 475 g/mol. The molecule has 0 saturated carbocycles. The first kappa shape index (κ1) is 25.9. The fourth-order valence-electron chi connectivity index (χ4n) is 3.56. The van der Waals surface area contributed by atoms with Gasteiger partial charge in [-0.3, -0.25) is 9.89 Å². The van der Waals surface area contributed by atoms with Gasteiger partial charge in [0.05, 0.1) is 6.10 Å². The van der Waals surface area contributed by atoms with Crippen LogP contribution in [0.3, 0.4) is 0 Å². The van der Waals surface area contributed by atoms with E-state index in [1.807, 2.05) is 13.1 Å². The van der Waals surface area contributed by atoms with Crippen molar-refractivity contribution < 1.29 is 4.74 Å². The average molecular weight is 514 g/mol. The first-order valence-electron chi connectivity index (χ1n) is 10.6. The highest BCUT2D eigenvalue weighted by molar-refractivity contribution is 14.0. The number of hydrogen-bond acceptors (Lipinski definition) is 3. The van der Waals surface area contributed by atoms with Gasteiger partial charge in [-0.15, -0.1) is 30.6 Å². The lowest BCUT2D eigenvalue weighted by Gasteiger charge is -2.32. The van der Waals surface area contributed by atoms with Crippen molar-refractivity contribution in [1.29, 1.82) is 0 Å². The molecule has 0 amide bonds. The number of allylic oxidation sites excluding steroid dienone is 1. The van der Waals surface area contributed by atoms with Gasteiger partial charge < -0.3 is 15.0 Å². The Hall–Kier alpha value is -1.12. The molecule has 0 aliphatic carbocycles. The average Bonchev–Trinajstić information content (AvgIpc) is 2.73. The number of ether oxygens (including phenoxy) is 1. The SMILES string of the molecule is C=CCCCN(C)C(=NC)NCCCOC1CCN(Cc2ccccc2)CC1.I. The smallest absolute Gasteiger partial charge is 0.193 e. The van der Waals surface area contributed by atoms with Crippen molar-refractivity contribution in [1.82, 2.24) is 15.1 Å². The molecule has 0 unspecified atom stereocenters. The van der Waals surface area contributed by atoms with E-state index in [0.29, 0.717) is 6.10 Å². The van der Waals surface area contributed by atoms with Crippen LogP contribution in [0.15, 0.2) is 48.0 Å². The van der Waals surface area contributed by atoms with Crippen LogP contribution < -0.4 is 5.32 Å². The van der Waals surface area contributed by atoms with E-state index in [1.165, 1.54) is 5.56 Å². The summed E-state index contributed by atoms with van der Waals surface area (Å²) < 4.78 is 6.11. The largest absolute Gasteiger partial charge is 0.378 e. The highest BCUT2D eigenvalue weighted by atomic mass is 127. The summed E-state index contributed by atoms with van der Waals surface area (Å²) in [4.78, 5) is 9.06. The van der Waals surface area contributed by atoms with Crippen molar-refractivity contribution in [3.8, 4) is 0 Å². The molecule has 0 bridgehead atoms. The summed E-state index contributed by atoms with van der Waals surface area (Å²) >= 11 is 0. The van der Waals surface area contributed by atoms with Crippen LogP contribution in [0.1, 0.15) is 37.7 Å². The van der Waals surface area contributed by atoms with Gasteiger partial charge in [0.2, 0.25) is 0 Å². The number of nitrogens with zero attached hydrogens (tertiary/aromatic N) is 3. The Kier molecular flexibility index (Phi) is 14.0. The minimum absolute atomic E-state index is 0. The summed E-state index contributed by atoms with van der Waals surface area (Å²) in [6.45, 7) is 9.77. The van der Waals surface area contributed by atoms with E-state index in [9.17, 15) is 0 Å². The third-order valence-electron chi connectivity index (χ3n) is 5.22. The highest BCUT2D eigenvalue weighted by Gasteiger charge is 2.19. The minimum Gasteiger partial charge on any atom is -0.378 e. The molecule has 0 radical (unpaired) electrons. The number of hydrogen-bond donors (Lipinski definition) is 1. The summed E-state index contributed by atoms with van der Waals surface area (Å²) in [5, 5.41) is 3.43. The number of unbranched alkanes of at least 4 members (excludes halogenated alkanes) is 1. The standard InChI is InChI=1S/C23H38N4O.HI/c1-4-5-9-16-26(3)23(24-2)25-15-10-19-28-22-13-17-27(18-14-22)20-21-11-7-6-8-12-21;/h4,6-8,11-12,22H,1,5,9-10,13-20H2,2-3H3,(H,24,25);1H. The Morgan fingerprint density at radius 2 is 2.00 bits per heavy atom. The Balaban J connectivity index is 0.00000420. The molecule has 1 fully saturated rings. The van der Waals surface area contributed by atoms with Gasteiger partial charge in [-0.25, -0.2) is 0 Å². The second-order valence-corrected chi connectivity index (χ2v) is 7.51. The number of halogens is 1. The van der Waals surface area contributed by atoms with Crippen molar-refractivity contribution in [2.75, 3.05) is 46.9 Å². The third-order valence-corrected chi connectivity index (χ3v) is 5.22. The second-order valence-electron chi connectivity index (χ2n) is 7.51. The van der Waals surface area contributed by atoms with E-state index in [2.05, 4.69) is 64.1 Å². The van der Waals surface area contributed by atoms with Gasteiger partial charge in [-0.2, -0.15) is 0 Å². The minimum atomic E-state index is 0. The zero-order valence-electron chi connectivity index (χ0n) is 18.2. The lowest BCUT2D eigenvalue weighted by molar-refractivity contribution is 0.00531. The molecule has 0 atom stereocenters. The lowest BCUT2D eigenvalue weighted by atomic mass is 10.1. The predicted molar refractivity (Wildman–Crippen MR) is 134 cm³/mol. The van der Waals surface area contributed by atoms with Crippen molar-refractivity contribution in [2.24, 2.45) is 4.99 Å². The molecule has 1 aromatic carbocycles. The number of guanidine groups is 1.